The Balaban J connectivity index is 1.56. The van der Waals surface area contributed by atoms with Crippen LogP contribution in [0.4, 0.5) is 5.82 Å². The molecule has 3 rings (SSSR count). The zero-order chi connectivity index (χ0) is 17.8. The fraction of sp³-hybridized carbons (Fsp3) is 0.556. The van der Waals surface area contributed by atoms with Crippen LogP contribution in [0.25, 0.3) is 0 Å². The van der Waals surface area contributed by atoms with Crippen molar-refractivity contribution in [3.8, 4) is 0 Å². The van der Waals surface area contributed by atoms with Gasteiger partial charge in [0.05, 0.1) is 5.92 Å². The lowest BCUT2D eigenvalue weighted by atomic mass is 10.1. The highest BCUT2D eigenvalue weighted by atomic mass is 16.2. The van der Waals surface area contributed by atoms with Gasteiger partial charge in [0.25, 0.3) is 0 Å². The van der Waals surface area contributed by atoms with Crippen LogP contribution in [-0.4, -0.2) is 70.9 Å². The molecular formula is C18H25N5O2. The highest BCUT2D eigenvalue weighted by Crippen LogP contribution is 2.22. The van der Waals surface area contributed by atoms with Crippen LogP contribution in [-0.2, 0) is 16.0 Å². The smallest absolute Gasteiger partial charge is 0.228 e. The Morgan fingerprint density at radius 2 is 2.08 bits per heavy atom. The summed E-state index contributed by atoms with van der Waals surface area (Å²) in [6, 6.07) is 2.01. The van der Waals surface area contributed by atoms with E-state index >= 15 is 0 Å². The largest absolute Gasteiger partial charge is 0.353 e. The van der Waals surface area contributed by atoms with Crippen molar-refractivity contribution in [1.82, 2.24) is 19.8 Å². The summed E-state index contributed by atoms with van der Waals surface area (Å²) in [5.41, 5.74) is 1.02. The molecule has 2 saturated heterocycles. The topological polar surface area (TPSA) is 69.6 Å². The maximum Gasteiger partial charge on any atom is 0.228 e. The van der Waals surface area contributed by atoms with Crippen LogP contribution in [0, 0.1) is 5.92 Å². The highest BCUT2D eigenvalue weighted by Gasteiger charge is 2.36. The van der Waals surface area contributed by atoms with E-state index in [0.29, 0.717) is 32.6 Å². The number of nitrogens with zero attached hydrogens (tertiary/aromatic N) is 5. The summed E-state index contributed by atoms with van der Waals surface area (Å²) in [6.07, 6.45) is 4.50. The predicted octanol–water partition coefficient (Wildman–Crippen LogP) is 0.722. The number of piperazine rings is 1. The number of amides is 2. The van der Waals surface area contributed by atoms with Gasteiger partial charge in [-0.05, 0) is 6.42 Å². The second-order valence-corrected chi connectivity index (χ2v) is 6.52. The molecule has 7 nitrogen and oxygen atoms in total. The van der Waals surface area contributed by atoms with Crippen molar-refractivity contribution in [3.63, 3.8) is 0 Å². The van der Waals surface area contributed by atoms with E-state index in [-0.39, 0.29) is 17.7 Å². The Hall–Kier alpha value is -2.44. The second-order valence-electron chi connectivity index (χ2n) is 6.52. The first-order valence-electron chi connectivity index (χ1n) is 8.85. The summed E-state index contributed by atoms with van der Waals surface area (Å²) in [6.45, 7) is 9.59. The van der Waals surface area contributed by atoms with Crippen molar-refractivity contribution < 1.29 is 9.59 Å². The van der Waals surface area contributed by atoms with E-state index in [0.717, 1.165) is 31.0 Å². The summed E-state index contributed by atoms with van der Waals surface area (Å²) in [5.74, 6) is 0.846. The summed E-state index contributed by atoms with van der Waals surface area (Å²) >= 11 is 0. The van der Waals surface area contributed by atoms with E-state index in [2.05, 4.69) is 28.4 Å². The molecule has 0 aromatic carbocycles. The molecule has 2 fully saturated rings. The third-order valence-electron chi connectivity index (χ3n) is 4.90. The van der Waals surface area contributed by atoms with Crippen molar-refractivity contribution in [1.29, 1.82) is 0 Å². The molecule has 1 unspecified atom stereocenters. The van der Waals surface area contributed by atoms with Gasteiger partial charge in [-0.1, -0.05) is 13.0 Å². The molecular weight excluding hydrogens is 318 g/mol. The molecule has 25 heavy (non-hydrogen) atoms. The number of hydrogen-bond donors (Lipinski definition) is 0. The highest BCUT2D eigenvalue weighted by molar-refractivity contribution is 5.89. The quantitative estimate of drug-likeness (QED) is 0.737. The van der Waals surface area contributed by atoms with Crippen molar-refractivity contribution in [3.05, 3.63) is 30.7 Å². The van der Waals surface area contributed by atoms with Crippen molar-refractivity contribution >= 4 is 17.6 Å². The number of carbonyl (C=O) groups is 2. The molecule has 3 heterocycles. The fourth-order valence-corrected chi connectivity index (χ4v) is 3.44. The summed E-state index contributed by atoms with van der Waals surface area (Å²) in [4.78, 5) is 39.0. The minimum atomic E-state index is -0.218. The molecule has 0 radical (unpaired) electrons. The Morgan fingerprint density at radius 1 is 1.32 bits per heavy atom. The van der Waals surface area contributed by atoms with E-state index in [1.807, 2.05) is 11.0 Å². The fourth-order valence-electron chi connectivity index (χ4n) is 3.44. The molecule has 0 aliphatic carbocycles. The molecule has 0 bridgehead atoms. The molecule has 0 spiro atoms. The van der Waals surface area contributed by atoms with Crippen LogP contribution >= 0.6 is 0 Å². The van der Waals surface area contributed by atoms with Crippen LogP contribution in [0.15, 0.2) is 25.0 Å². The van der Waals surface area contributed by atoms with Crippen LogP contribution in [0.3, 0.4) is 0 Å². The second kappa shape index (κ2) is 7.63. The molecule has 0 N–H and O–H groups in total. The standard InChI is InChI=1S/C18H25N5O2/c1-3-5-23-12-14(10-17(23)24)18(25)22-8-6-21(7-9-22)16-11-15(4-2)19-13-20-16/h3,11,13-14H,1,4-10,12H2,2H3. The molecule has 2 amide bonds. The normalized spacial score (nSPS) is 20.9. The molecule has 2 aliphatic heterocycles. The molecule has 1 aromatic heterocycles. The van der Waals surface area contributed by atoms with E-state index < -0.39 is 0 Å². The average Bonchev–Trinajstić information content (AvgIpc) is 3.02. The van der Waals surface area contributed by atoms with Gasteiger partial charge in [0, 0.05) is 57.4 Å². The Morgan fingerprint density at radius 3 is 2.76 bits per heavy atom. The lowest BCUT2D eigenvalue weighted by molar-refractivity contribution is -0.136. The van der Waals surface area contributed by atoms with Crippen molar-refractivity contribution in [2.75, 3.05) is 44.2 Å². The van der Waals surface area contributed by atoms with Crippen LogP contribution in [0.2, 0.25) is 0 Å². The Labute approximate surface area is 148 Å². The maximum atomic E-state index is 12.7. The van der Waals surface area contributed by atoms with Gasteiger partial charge in [0.2, 0.25) is 11.8 Å². The first kappa shape index (κ1) is 17.4. The summed E-state index contributed by atoms with van der Waals surface area (Å²) < 4.78 is 0. The summed E-state index contributed by atoms with van der Waals surface area (Å²) in [5, 5.41) is 0. The van der Waals surface area contributed by atoms with Crippen molar-refractivity contribution in [2.24, 2.45) is 5.92 Å². The van der Waals surface area contributed by atoms with Crippen molar-refractivity contribution in [2.45, 2.75) is 19.8 Å². The van der Waals surface area contributed by atoms with Gasteiger partial charge in [-0.25, -0.2) is 9.97 Å². The van der Waals surface area contributed by atoms with E-state index in [4.69, 9.17) is 0 Å². The molecule has 134 valence electrons. The van der Waals surface area contributed by atoms with Gasteiger partial charge >= 0.3 is 0 Å². The first-order valence-corrected chi connectivity index (χ1v) is 8.85. The number of aryl methyl sites for hydroxylation is 1. The zero-order valence-electron chi connectivity index (χ0n) is 14.7. The first-order chi connectivity index (χ1) is 12.1. The van der Waals surface area contributed by atoms with Gasteiger partial charge in [0.15, 0.2) is 0 Å². The lowest BCUT2D eigenvalue weighted by Gasteiger charge is -2.36. The molecule has 0 saturated carbocycles. The third-order valence-corrected chi connectivity index (χ3v) is 4.90. The van der Waals surface area contributed by atoms with E-state index in [1.54, 1.807) is 17.3 Å². The van der Waals surface area contributed by atoms with Crippen LogP contribution in [0.5, 0.6) is 0 Å². The Bertz CT molecular complexity index is 655. The molecule has 1 atom stereocenters. The minimum absolute atomic E-state index is 0.0463. The van der Waals surface area contributed by atoms with Crippen LogP contribution < -0.4 is 4.90 Å². The summed E-state index contributed by atoms with van der Waals surface area (Å²) in [7, 11) is 0. The number of anilines is 1. The number of aromatic nitrogens is 2. The third kappa shape index (κ3) is 3.81. The number of carbonyl (C=O) groups excluding carboxylic acids is 2. The number of hydrogen-bond acceptors (Lipinski definition) is 5. The number of rotatable bonds is 5. The predicted molar refractivity (Wildman–Crippen MR) is 95.1 cm³/mol. The zero-order valence-corrected chi connectivity index (χ0v) is 14.7. The van der Waals surface area contributed by atoms with E-state index in [1.165, 1.54) is 0 Å². The van der Waals surface area contributed by atoms with Gasteiger partial charge in [0.1, 0.15) is 12.1 Å². The molecule has 1 aromatic rings. The minimum Gasteiger partial charge on any atom is -0.353 e. The Kier molecular flexibility index (Phi) is 5.31. The van der Waals surface area contributed by atoms with Crippen LogP contribution in [0.1, 0.15) is 19.0 Å². The molecule has 2 aliphatic rings. The lowest BCUT2D eigenvalue weighted by Crippen LogP contribution is -2.51. The maximum absolute atomic E-state index is 12.7. The SMILES string of the molecule is C=CCN1CC(C(=O)N2CCN(c3cc(CC)ncn3)CC2)CC1=O. The number of likely N-dealkylation sites (tertiary alicyclic amines) is 1. The van der Waals surface area contributed by atoms with Gasteiger partial charge < -0.3 is 14.7 Å². The average molecular weight is 343 g/mol. The molecule has 7 heteroatoms. The van der Waals surface area contributed by atoms with Gasteiger partial charge in [-0.2, -0.15) is 0 Å². The van der Waals surface area contributed by atoms with Gasteiger partial charge in [-0.3, -0.25) is 9.59 Å². The monoisotopic (exact) mass is 343 g/mol. The van der Waals surface area contributed by atoms with E-state index in [9.17, 15) is 9.59 Å². The van der Waals surface area contributed by atoms with Gasteiger partial charge in [-0.15, -0.1) is 6.58 Å².